The van der Waals surface area contributed by atoms with Gasteiger partial charge in [-0.3, -0.25) is 0 Å². The first-order valence-electron chi connectivity index (χ1n) is 6.91. The Balaban J connectivity index is 1.95. The van der Waals surface area contributed by atoms with Gasteiger partial charge in [-0.05, 0) is 30.7 Å². The number of nitrogens with one attached hydrogen (secondary N) is 2. The largest absolute Gasteiger partial charge is 0.479 e. The van der Waals surface area contributed by atoms with E-state index in [1.165, 1.54) is 0 Å². The summed E-state index contributed by atoms with van der Waals surface area (Å²) in [6, 6.07) is 7.41. The van der Waals surface area contributed by atoms with Gasteiger partial charge in [0.05, 0.1) is 0 Å². The second-order valence-electron chi connectivity index (χ2n) is 5.41. The van der Waals surface area contributed by atoms with Crippen molar-refractivity contribution in [3.05, 3.63) is 35.9 Å². The summed E-state index contributed by atoms with van der Waals surface area (Å²) in [5.41, 5.74) is 0.565. The van der Waals surface area contributed by atoms with E-state index in [4.69, 9.17) is 0 Å². The lowest BCUT2D eigenvalue weighted by Crippen LogP contribution is -2.44. The van der Waals surface area contributed by atoms with Crippen LogP contribution < -0.4 is 10.6 Å². The summed E-state index contributed by atoms with van der Waals surface area (Å²) in [6.07, 6.45) is 3.01. The molecule has 1 aliphatic carbocycles. The van der Waals surface area contributed by atoms with Gasteiger partial charge in [0.1, 0.15) is 0 Å². The van der Waals surface area contributed by atoms with E-state index in [-0.39, 0.29) is 6.04 Å². The van der Waals surface area contributed by atoms with E-state index in [0.717, 1.165) is 19.3 Å². The van der Waals surface area contributed by atoms with E-state index in [2.05, 4.69) is 17.6 Å². The molecule has 5 heteroatoms. The molecule has 0 aromatic heterocycles. The molecule has 0 radical (unpaired) electrons. The Morgan fingerprint density at radius 2 is 1.95 bits per heavy atom. The van der Waals surface area contributed by atoms with Crippen molar-refractivity contribution in [2.75, 3.05) is 0 Å². The molecule has 1 aromatic rings. The second kappa shape index (κ2) is 6.41. The van der Waals surface area contributed by atoms with Crippen LogP contribution >= 0.6 is 0 Å². The number of carboxylic acid groups (broad SMARTS) is 1. The molecule has 2 amide bonds. The highest BCUT2D eigenvalue weighted by Gasteiger charge is 2.26. The van der Waals surface area contributed by atoms with Crippen molar-refractivity contribution in [2.45, 2.75) is 38.3 Å². The molecule has 0 bridgehead atoms. The Morgan fingerprint density at radius 1 is 1.25 bits per heavy atom. The average molecular weight is 276 g/mol. The SMILES string of the molecule is CC1CCC(NC(=O)N[C@H](C(=O)O)c2ccccc2)C1. The molecular weight excluding hydrogens is 256 g/mol. The number of carbonyl (C=O) groups is 2. The fourth-order valence-corrected chi connectivity index (χ4v) is 2.63. The summed E-state index contributed by atoms with van der Waals surface area (Å²) in [7, 11) is 0. The number of rotatable bonds is 4. The third-order valence-electron chi connectivity index (χ3n) is 3.69. The first-order valence-corrected chi connectivity index (χ1v) is 6.91. The van der Waals surface area contributed by atoms with Crippen molar-refractivity contribution in [1.82, 2.24) is 10.6 Å². The van der Waals surface area contributed by atoms with Gasteiger partial charge in [0.25, 0.3) is 0 Å². The van der Waals surface area contributed by atoms with Crippen LogP contribution in [0.1, 0.15) is 37.8 Å². The van der Waals surface area contributed by atoms with Gasteiger partial charge < -0.3 is 15.7 Å². The number of benzene rings is 1. The summed E-state index contributed by atoms with van der Waals surface area (Å²) in [6.45, 7) is 2.16. The van der Waals surface area contributed by atoms with Gasteiger partial charge in [0.15, 0.2) is 6.04 Å². The van der Waals surface area contributed by atoms with Crippen LogP contribution in [-0.2, 0) is 4.79 Å². The number of carboxylic acids is 1. The van der Waals surface area contributed by atoms with E-state index >= 15 is 0 Å². The topological polar surface area (TPSA) is 78.4 Å². The average Bonchev–Trinajstić information content (AvgIpc) is 2.82. The van der Waals surface area contributed by atoms with E-state index < -0.39 is 18.0 Å². The van der Waals surface area contributed by atoms with Gasteiger partial charge in [0.2, 0.25) is 0 Å². The van der Waals surface area contributed by atoms with Gasteiger partial charge in [-0.25, -0.2) is 9.59 Å². The molecule has 5 nitrogen and oxygen atoms in total. The third kappa shape index (κ3) is 3.73. The highest BCUT2D eigenvalue weighted by molar-refractivity contribution is 5.83. The molecule has 1 aromatic carbocycles. The number of urea groups is 1. The lowest BCUT2D eigenvalue weighted by Gasteiger charge is -2.18. The molecular formula is C15H20N2O3. The molecule has 3 atom stereocenters. The first kappa shape index (κ1) is 14.4. The zero-order valence-electron chi connectivity index (χ0n) is 11.5. The van der Waals surface area contributed by atoms with Crippen LogP contribution in [0, 0.1) is 5.92 Å². The minimum atomic E-state index is -1.06. The highest BCUT2D eigenvalue weighted by atomic mass is 16.4. The van der Waals surface area contributed by atoms with Gasteiger partial charge in [-0.2, -0.15) is 0 Å². The van der Waals surface area contributed by atoms with Crippen LogP contribution in [0.25, 0.3) is 0 Å². The molecule has 0 spiro atoms. The van der Waals surface area contributed by atoms with Crippen molar-refractivity contribution >= 4 is 12.0 Å². The Labute approximate surface area is 118 Å². The molecule has 1 aliphatic rings. The van der Waals surface area contributed by atoms with Crippen LogP contribution in [0.2, 0.25) is 0 Å². The molecule has 2 rings (SSSR count). The Bertz CT molecular complexity index is 475. The molecule has 3 N–H and O–H groups in total. The number of hydrogen-bond acceptors (Lipinski definition) is 2. The lowest BCUT2D eigenvalue weighted by atomic mass is 10.1. The van der Waals surface area contributed by atoms with E-state index in [1.54, 1.807) is 24.3 Å². The van der Waals surface area contributed by atoms with Crippen LogP contribution in [0.4, 0.5) is 4.79 Å². The normalized spacial score (nSPS) is 23.1. The zero-order valence-corrected chi connectivity index (χ0v) is 11.5. The van der Waals surface area contributed by atoms with Crippen molar-refractivity contribution in [2.24, 2.45) is 5.92 Å². The zero-order chi connectivity index (χ0) is 14.5. The molecule has 0 saturated heterocycles. The minimum absolute atomic E-state index is 0.148. The van der Waals surface area contributed by atoms with Gasteiger partial charge >= 0.3 is 12.0 Å². The van der Waals surface area contributed by atoms with Crippen LogP contribution in [-0.4, -0.2) is 23.1 Å². The first-order chi connectivity index (χ1) is 9.56. The van der Waals surface area contributed by atoms with Crippen molar-refractivity contribution < 1.29 is 14.7 Å². The molecule has 108 valence electrons. The van der Waals surface area contributed by atoms with Crippen LogP contribution in [0.15, 0.2) is 30.3 Å². The molecule has 1 fully saturated rings. The smallest absolute Gasteiger partial charge is 0.330 e. The summed E-state index contributed by atoms with van der Waals surface area (Å²) >= 11 is 0. The Kier molecular flexibility index (Phi) is 4.61. The van der Waals surface area contributed by atoms with Gasteiger partial charge in [-0.1, -0.05) is 37.3 Å². The third-order valence-corrected chi connectivity index (χ3v) is 3.69. The monoisotopic (exact) mass is 276 g/mol. The number of aliphatic carboxylic acids is 1. The van der Waals surface area contributed by atoms with E-state index in [0.29, 0.717) is 11.5 Å². The Hall–Kier alpha value is -2.04. The maximum Gasteiger partial charge on any atom is 0.330 e. The number of hydrogen-bond donors (Lipinski definition) is 3. The van der Waals surface area contributed by atoms with E-state index in [1.807, 2.05) is 6.07 Å². The van der Waals surface area contributed by atoms with Crippen molar-refractivity contribution in [1.29, 1.82) is 0 Å². The second-order valence-corrected chi connectivity index (χ2v) is 5.41. The molecule has 1 saturated carbocycles. The predicted octanol–water partition coefficient (Wildman–Crippen LogP) is 2.30. The quantitative estimate of drug-likeness (QED) is 0.789. The summed E-state index contributed by atoms with van der Waals surface area (Å²) in [5.74, 6) is -0.448. The van der Waals surface area contributed by atoms with Gasteiger partial charge in [0, 0.05) is 6.04 Å². The molecule has 2 unspecified atom stereocenters. The van der Waals surface area contributed by atoms with E-state index in [9.17, 15) is 14.7 Å². The summed E-state index contributed by atoms with van der Waals surface area (Å²) in [5, 5.41) is 14.6. The fourth-order valence-electron chi connectivity index (χ4n) is 2.63. The number of carbonyl (C=O) groups excluding carboxylic acids is 1. The maximum absolute atomic E-state index is 11.9. The molecule has 0 heterocycles. The maximum atomic E-state index is 11.9. The summed E-state index contributed by atoms with van der Waals surface area (Å²) in [4.78, 5) is 23.2. The van der Waals surface area contributed by atoms with Crippen LogP contribution in [0.5, 0.6) is 0 Å². The Morgan fingerprint density at radius 3 is 2.50 bits per heavy atom. The summed E-state index contributed by atoms with van der Waals surface area (Å²) < 4.78 is 0. The lowest BCUT2D eigenvalue weighted by molar-refractivity contribution is -0.139. The standard InChI is InChI=1S/C15H20N2O3/c1-10-7-8-12(9-10)16-15(20)17-13(14(18)19)11-5-3-2-4-6-11/h2-6,10,12-13H,7-9H2,1H3,(H,18,19)(H2,16,17,20)/t10?,12?,13-/m0/s1. The molecule has 0 aliphatic heterocycles. The van der Waals surface area contributed by atoms with Crippen molar-refractivity contribution in [3.8, 4) is 0 Å². The van der Waals surface area contributed by atoms with Gasteiger partial charge in [-0.15, -0.1) is 0 Å². The predicted molar refractivity (Wildman–Crippen MR) is 75.3 cm³/mol. The van der Waals surface area contributed by atoms with Crippen molar-refractivity contribution in [3.63, 3.8) is 0 Å². The fraction of sp³-hybridized carbons (Fsp3) is 0.467. The van der Waals surface area contributed by atoms with Crippen LogP contribution in [0.3, 0.4) is 0 Å². The number of amides is 2. The highest BCUT2D eigenvalue weighted by Crippen LogP contribution is 2.24. The minimum Gasteiger partial charge on any atom is -0.479 e. The molecule has 20 heavy (non-hydrogen) atoms.